The molecule has 0 radical (unpaired) electrons. The fraction of sp³-hybridized carbons (Fsp3) is 0.524. The van der Waals surface area contributed by atoms with E-state index in [0.717, 1.165) is 44.9 Å². The van der Waals surface area contributed by atoms with Gasteiger partial charge < -0.3 is 9.47 Å². The molecule has 0 spiro atoms. The molecule has 26 heavy (non-hydrogen) atoms. The van der Waals surface area contributed by atoms with Crippen molar-refractivity contribution in [2.24, 2.45) is 0 Å². The van der Waals surface area contributed by atoms with Crippen LogP contribution in [0.4, 0.5) is 13.2 Å². The van der Waals surface area contributed by atoms with E-state index in [4.69, 9.17) is 9.47 Å². The van der Waals surface area contributed by atoms with E-state index in [2.05, 4.69) is 6.92 Å². The SMILES string of the molecule is CCCCCCCOc1cc2ccc(OCCCC)c(F)c2c(F)c1F. The van der Waals surface area contributed by atoms with Gasteiger partial charge in [0.25, 0.3) is 0 Å². The van der Waals surface area contributed by atoms with Gasteiger partial charge in [-0.3, -0.25) is 0 Å². The lowest BCUT2D eigenvalue weighted by Crippen LogP contribution is -2.03. The van der Waals surface area contributed by atoms with Crippen LogP contribution in [0.15, 0.2) is 18.2 Å². The van der Waals surface area contributed by atoms with Gasteiger partial charge in [0, 0.05) is 0 Å². The Morgan fingerprint density at radius 1 is 0.692 bits per heavy atom. The maximum Gasteiger partial charge on any atom is 0.201 e. The molecule has 0 amide bonds. The van der Waals surface area contributed by atoms with E-state index in [0.29, 0.717) is 13.2 Å². The lowest BCUT2D eigenvalue weighted by molar-refractivity contribution is 0.285. The van der Waals surface area contributed by atoms with Crippen LogP contribution in [0.5, 0.6) is 11.5 Å². The summed E-state index contributed by atoms with van der Waals surface area (Å²) in [6.07, 6.45) is 6.81. The van der Waals surface area contributed by atoms with Crippen LogP contribution in [0.1, 0.15) is 58.8 Å². The van der Waals surface area contributed by atoms with Crippen LogP contribution < -0.4 is 9.47 Å². The predicted octanol–water partition coefficient (Wildman–Crippen LogP) is 6.79. The van der Waals surface area contributed by atoms with E-state index in [1.807, 2.05) is 6.92 Å². The largest absolute Gasteiger partial charge is 0.490 e. The van der Waals surface area contributed by atoms with Gasteiger partial charge in [0.05, 0.1) is 18.6 Å². The molecule has 2 aromatic rings. The van der Waals surface area contributed by atoms with Crippen molar-refractivity contribution in [1.29, 1.82) is 0 Å². The zero-order chi connectivity index (χ0) is 18.9. The van der Waals surface area contributed by atoms with Gasteiger partial charge in [0.1, 0.15) is 0 Å². The van der Waals surface area contributed by atoms with Crippen molar-refractivity contribution in [2.75, 3.05) is 13.2 Å². The molecule has 2 nitrogen and oxygen atoms in total. The quantitative estimate of drug-likeness (QED) is 0.407. The Kier molecular flexibility index (Phi) is 8.07. The summed E-state index contributed by atoms with van der Waals surface area (Å²) in [7, 11) is 0. The number of rotatable bonds is 11. The number of halogens is 3. The van der Waals surface area contributed by atoms with E-state index in [1.54, 1.807) is 0 Å². The lowest BCUT2D eigenvalue weighted by atomic mass is 10.1. The second-order valence-electron chi connectivity index (χ2n) is 6.44. The van der Waals surface area contributed by atoms with Gasteiger partial charge in [-0.1, -0.05) is 52.0 Å². The first-order chi connectivity index (χ1) is 12.6. The summed E-state index contributed by atoms with van der Waals surface area (Å²) >= 11 is 0. The second kappa shape index (κ2) is 10.3. The van der Waals surface area contributed by atoms with Gasteiger partial charge in [0.2, 0.25) is 5.82 Å². The molecule has 0 heterocycles. The van der Waals surface area contributed by atoms with Crippen molar-refractivity contribution in [2.45, 2.75) is 58.8 Å². The Balaban J connectivity index is 2.14. The smallest absolute Gasteiger partial charge is 0.201 e. The lowest BCUT2D eigenvalue weighted by Gasteiger charge is -2.12. The highest BCUT2D eigenvalue weighted by molar-refractivity contribution is 5.86. The standard InChI is InChI=1S/C21H27F3O2/c1-3-5-7-8-9-13-26-17-14-15-10-11-16(25-12-6-4-2)19(22)18(15)21(24)20(17)23/h10-11,14H,3-9,12-13H2,1-2H3. The van der Waals surface area contributed by atoms with Crippen molar-refractivity contribution in [3.8, 4) is 11.5 Å². The zero-order valence-corrected chi connectivity index (χ0v) is 15.5. The summed E-state index contributed by atoms with van der Waals surface area (Å²) in [4.78, 5) is 0. The Morgan fingerprint density at radius 2 is 1.35 bits per heavy atom. The molecule has 5 heteroatoms. The first kappa shape index (κ1) is 20.4. The summed E-state index contributed by atoms with van der Waals surface area (Å²) in [6, 6.07) is 4.31. The maximum atomic E-state index is 14.5. The highest BCUT2D eigenvalue weighted by Gasteiger charge is 2.20. The average molecular weight is 368 g/mol. The van der Waals surface area contributed by atoms with Gasteiger partial charge in [-0.25, -0.2) is 8.78 Å². The van der Waals surface area contributed by atoms with Crippen LogP contribution in [-0.4, -0.2) is 13.2 Å². The molecule has 0 saturated heterocycles. The van der Waals surface area contributed by atoms with E-state index in [-0.39, 0.29) is 16.9 Å². The van der Waals surface area contributed by atoms with E-state index >= 15 is 0 Å². The Hall–Kier alpha value is -1.91. The highest BCUT2D eigenvalue weighted by Crippen LogP contribution is 2.34. The highest BCUT2D eigenvalue weighted by atomic mass is 19.2. The van der Waals surface area contributed by atoms with E-state index < -0.39 is 22.8 Å². The maximum absolute atomic E-state index is 14.5. The molecule has 0 fully saturated rings. The van der Waals surface area contributed by atoms with Gasteiger partial charge >= 0.3 is 0 Å². The molecule has 2 rings (SSSR count). The molecule has 0 aliphatic heterocycles. The predicted molar refractivity (Wildman–Crippen MR) is 98.5 cm³/mol. The fourth-order valence-electron chi connectivity index (χ4n) is 2.77. The van der Waals surface area contributed by atoms with Crippen LogP contribution in [-0.2, 0) is 0 Å². The third kappa shape index (κ3) is 5.05. The molecular weight excluding hydrogens is 341 g/mol. The van der Waals surface area contributed by atoms with Crippen molar-refractivity contribution in [1.82, 2.24) is 0 Å². The first-order valence-electron chi connectivity index (χ1n) is 9.45. The second-order valence-corrected chi connectivity index (χ2v) is 6.44. The minimum atomic E-state index is -1.23. The van der Waals surface area contributed by atoms with Crippen LogP contribution in [0.2, 0.25) is 0 Å². The van der Waals surface area contributed by atoms with E-state index in [9.17, 15) is 13.2 Å². The zero-order valence-electron chi connectivity index (χ0n) is 15.5. The summed E-state index contributed by atoms with van der Waals surface area (Å²) in [5.74, 6) is -3.50. The summed E-state index contributed by atoms with van der Waals surface area (Å²) < 4.78 is 53.9. The van der Waals surface area contributed by atoms with Crippen LogP contribution in [0.25, 0.3) is 10.8 Å². The van der Waals surface area contributed by atoms with Gasteiger partial charge in [-0.2, -0.15) is 4.39 Å². The van der Waals surface area contributed by atoms with Gasteiger partial charge in [0.15, 0.2) is 23.1 Å². The van der Waals surface area contributed by atoms with Gasteiger partial charge in [-0.05, 0) is 30.4 Å². The minimum Gasteiger partial charge on any atom is -0.490 e. The Bertz CT molecular complexity index is 716. The summed E-state index contributed by atoms with van der Waals surface area (Å²) in [6.45, 7) is 4.76. The number of hydrogen-bond donors (Lipinski definition) is 0. The van der Waals surface area contributed by atoms with Crippen molar-refractivity contribution < 1.29 is 22.6 Å². The molecule has 2 aromatic carbocycles. The first-order valence-corrected chi connectivity index (χ1v) is 9.45. The summed E-state index contributed by atoms with van der Waals surface area (Å²) in [5, 5.41) is -0.142. The molecule has 144 valence electrons. The molecule has 0 atom stereocenters. The number of unbranched alkanes of at least 4 members (excludes halogenated alkanes) is 5. The fourth-order valence-corrected chi connectivity index (χ4v) is 2.77. The molecule has 0 N–H and O–H groups in total. The van der Waals surface area contributed by atoms with Crippen molar-refractivity contribution in [3.63, 3.8) is 0 Å². The molecule has 0 bridgehead atoms. The molecule has 0 aliphatic rings. The number of fused-ring (bicyclic) bond motifs is 1. The third-order valence-electron chi connectivity index (χ3n) is 4.31. The Labute approximate surface area is 153 Å². The third-order valence-corrected chi connectivity index (χ3v) is 4.31. The van der Waals surface area contributed by atoms with Crippen LogP contribution in [0.3, 0.4) is 0 Å². The van der Waals surface area contributed by atoms with Crippen molar-refractivity contribution >= 4 is 10.8 Å². The van der Waals surface area contributed by atoms with Gasteiger partial charge in [-0.15, -0.1) is 0 Å². The normalized spacial score (nSPS) is 11.1. The number of benzene rings is 2. The minimum absolute atomic E-state index is 0.0613. The number of hydrogen-bond acceptors (Lipinski definition) is 2. The molecule has 0 aliphatic carbocycles. The monoisotopic (exact) mass is 368 g/mol. The average Bonchev–Trinajstić information content (AvgIpc) is 2.63. The number of ether oxygens (including phenoxy) is 2. The molecule has 0 aromatic heterocycles. The van der Waals surface area contributed by atoms with Crippen molar-refractivity contribution in [3.05, 3.63) is 35.7 Å². The molecule has 0 saturated carbocycles. The topological polar surface area (TPSA) is 18.5 Å². The summed E-state index contributed by atoms with van der Waals surface area (Å²) in [5.41, 5.74) is 0. The molecular formula is C21H27F3O2. The van der Waals surface area contributed by atoms with E-state index in [1.165, 1.54) is 18.2 Å². The van der Waals surface area contributed by atoms with Crippen LogP contribution in [0, 0.1) is 17.5 Å². The van der Waals surface area contributed by atoms with Crippen LogP contribution >= 0.6 is 0 Å². The molecule has 0 unspecified atom stereocenters. The Morgan fingerprint density at radius 3 is 2.08 bits per heavy atom.